The number of rotatable bonds is 5. The lowest BCUT2D eigenvalue weighted by atomic mass is 9.84. The smallest absolute Gasteiger partial charge is 0.259 e. The molecule has 0 aliphatic carbocycles. The third kappa shape index (κ3) is 4.45. The fraction of sp³-hybridized carbons (Fsp3) is 0.214. The van der Waals surface area contributed by atoms with Crippen molar-refractivity contribution in [1.82, 2.24) is 4.98 Å². The molecule has 5 rings (SSSR count). The number of furan rings is 1. The van der Waals surface area contributed by atoms with Gasteiger partial charge in [-0.2, -0.15) is 0 Å². The van der Waals surface area contributed by atoms with Gasteiger partial charge >= 0.3 is 0 Å². The zero-order valence-electron chi connectivity index (χ0n) is 19.1. The summed E-state index contributed by atoms with van der Waals surface area (Å²) >= 11 is 0. The van der Waals surface area contributed by atoms with E-state index in [0.717, 1.165) is 16.9 Å². The first kappa shape index (κ1) is 21.9. The van der Waals surface area contributed by atoms with Crippen LogP contribution in [0.2, 0.25) is 0 Å². The highest BCUT2D eigenvalue weighted by atomic mass is 16.3. The quantitative estimate of drug-likeness (QED) is 0.424. The average Bonchev–Trinajstić information content (AvgIpc) is 3.28. The molecule has 4 aromatic rings. The molecule has 34 heavy (non-hydrogen) atoms. The van der Waals surface area contributed by atoms with Crippen molar-refractivity contribution in [2.24, 2.45) is 0 Å². The number of aryl methyl sites for hydroxylation is 1. The first-order chi connectivity index (χ1) is 16.5. The van der Waals surface area contributed by atoms with Crippen molar-refractivity contribution in [3.8, 4) is 11.3 Å². The second kappa shape index (κ2) is 9.15. The standard InChI is InChI=1S/C28H27N3O3/c1-20-24(18-25(34-20)21-8-4-2-5-9-21)27(32)30-23-12-13-26(29-19-23)31-16-14-28(33,15-17-31)22-10-6-3-7-11-22/h2-13,18-19,33H,14-17H2,1H3,(H,30,32). The zero-order chi connectivity index (χ0) is 23.5. The summed E-state index contributed by atoms with van der Waals surface area (Å²) in [6.45, 7) is 3.21. The van der Waals surface area contributed by atoms with Gasteiger partial charge in [0.2, 0.25) is 0 Å². The molecular weight excluding hydrogens is 426 g/mol. The van der Waals surface area contributed by atoms with Crippen LogP contribution in [0.15, 0.2) is 89.5 Å². The van der Waals surface area contributed by atoms with Crippen LogP contribution in [0.3, 0.4) is 0 Å². The number of benzene rings is 2. The zero-order valence-corrected chi connectivity index (χ0v) is 19.1. The number of pyridine rings is 1. The first-order valence-electron chi connectivity index (χ1n) is 11.5. The van der Waals surface area contributed by atoms with E-state index < -0.39 is 5.60 Å². The van der Waals surface area contributed by atoms with Crippen molar-refractivity contribution in [3.05, 3.63) is 102 Å². The molecule has 1 aliphatic rings. The SMILES string of the molecule is Cc1oc(-c2ccccc2)cc1C(=O)Nc1ccc(N2CCC(O)(c3ccccc3)CC2)nc1. The number of carbonyl (C=O) groups is 1. The van der Waals surface area contributed by atoms with E-state index in [2.05, 4.69) is 15.2 Å². The van der Waals surface area contributed by atoms with Gasteiger partial charge in [0.25, 0.3) is 5.91 Å². The van der Waals surface area contributed by atoms with Gasteiger partial charge in [-0.1, -0.05) is 60.7 Å². The molecular formula is C28H27N3O3. The molecule has 1 fully saturated rings. The summed E-state index contributed by atoms with van der Waals surface area (Å²) < 4.78 is 5.80. The van der Waals surface area contributed by atoms with E-state index in [-0.39, 0.29) is 5.91 Å². The van der Waals surface area contributed by atoms with Gasteiger partial charge in [0.05, 0.1) is 23.0 Å². The maximum absolute atomic E-state index is 12.8. The molecule has 2 aromatic heterocycles. The van der Waals surface area contributed by atoms with Crippen LogP contribution in [-0.2, 0) is 5.60 Å². The Hall–Kier alpha value is -3.90. The van der Waals surface area contributed by atoms with E-state index in [1.54, 1.807) is 19.2 Å². The molecule has 3 heterocycles. The number of aromatic nitrogens is 1. The van der Waals surface area contributed by atoms with E-state index in [4.69, 9.17) is 4.42 Å². The molecule has 1 saturated heterocycles. The van der Waals surface area contributed by atoms with Crippen LogP contribution in [0.25, 0.3) is 11.3 Å². The topological polar surface area (TPSA) is 78.6 Å². The minimum Gasteiger partial charge on any atom is -0.461 e. The Morgan fingerprint density at radius 3 is 2.32 bits per heavy atom. The molecule has 0 spiro atoms. The first-order valence-corrected chi connectivity index (χ1v) is 11.5. The monoisotopic (exact) mass is 453 g/mol. The summed E-state index contributed by atoms with van der Waals surface area (Å²) in [4.78, 5) is 19.5. The Labute approximate surface area is 198 Å². The van der Waals surface area contributed by atoms with Crippen molar-refractivity contribution in [2.75, 3.05) is 23.3 Å². The van der Waals surface area contributed by atoms with Gasteiger partial charge in [0, 0.05) is 18.7 Å². The van der Waals surface area contributed by atoms with E-state index >= 15 is 0 Å². The van der Waals surface area contributed by atoms with Crippen molar-refractivity contribution >= 4 is 17.4 Å². The van der Waals surface area contributed by atoms with Crippen molar-refractivity contribution in [2.45, 2.75) is 25.4 Å². The summed E-state index contributed by atoms with van der Waals surface area (Å²) in [5, 5.41) is 14.0. The summed E-state index contributed by atoms with van der Waals surface area (Å²) in [5.41, 5.74) is 2.21. The second-order valence-corrected chi connectivity index (χ2v) is 8.69. The van der Waals surface area contributed by atoms with Crippen LogP contribution in [0.1, 0.15) is 34.5 Å². The molecule has 0 saturated carbocycles. The van der Waals surface area contributed by atoms with Gasteiger partial charge in [-0.25, -0.2) is 4.98 Å². The van der Waals surface area contributed by atoms with Gasteiger partial charge in [0.1, 0.15) is 17.3 Å². The van der Waals surface area contributed by atoms with Gasteiger partial charge in [0.15, 0.2) is 0 Å². The lowest BCUT2D eigenvalue weighted by Crippen LogP contribution is -2.42. The van der Waals surface area contributed by atoms with Gasteiger partial charge < -0.3 is 19.7 Å². The average molecular weight is 454 g/mol. The number of piperidine rings is 1. The predicted octanol–water partition coefficient (Wildman–Crippen LogP) is 5.39. The van der Waals surface area contributed by atoms with Crippen LogP contribution in [-0.4, -0.2) is 29.1 Å². The second-order valence-electron chi connectivity index (χ2n) is 8.69. The van der Waals surface area contributed by atoms with E-state index in [0.29, 0.717) is 48.7 Å². The van der Waals surface area contributed by atoms with E-state index in [9.17, 15) is 9.90 Å². The van der Waals surface area contributed by atoms with E-state index in [1.807, 2.05) is 72.8 Å². The molecule has 0 atom stereocenters. The lowest BCUT2D eigenvalue weighted by Gasteiger charge is -2.39. The highest BCUT2D eigenvalue weighted by molar-refractivity contribution is 6.05. The third-order valence-corrected chi connectivity index (χ3v) is 6.45. The minimum absolute atomic E-state index is 0.233. The van der Waals surface area contributed by atoms with Gasteiger partial charge in [-0.05, 0) is 43.5 Å². The molecule has 1 amide bonds. The maximum Gasteiger partial charge on any atom is 0.259 e. The number of nitrogens with one attached hydrogen (secondary N) is 1. The number of carbonyl (C=O) groups excluding carboxylic acids is 1. The van der Waals surface area contributed by atoms with Crippen LogP contribution < -0.4 is 10.2 Å². The highest BCUT2D eigenvalue weighted by Gasteiger charge is 2.34. The molecule has 1 aliphatic heterocycles. The Morgan fingerprint density at radius 2 is 1.68 bits per heavy atom. The molecule has 172 valence electrons. The van der Waals surface area contributed by atoms with Crippen LogP contribution >= 0.6 is 0 Å². The molecule has 6 nitrogen and oxygen atoms in total. The molecule has 0 radical (unpaired) electrons. The number of hydrogen-bond acceptors (Lipinski definition) is 5. The summed E-state index contributed by atoms with van der Waals surface area (Å²) in [6, 6.07) is 25.1. The van der Waals surface area contributed by atoms with Crippen molar-refractivity contribution in [1.29, 1.82) is 0 Å². The molecule has 2 aromatic carbocycles. The number of aliphatic hydroxyl groups is 1. The fourth-order valence-corrected chi connectivity index (χ4v) is 4.44. The third-order valence-electron chi connectivity index (χ3n) is 6.45. The summed E-state index contributed by atoms with van der Waals surface area (Å²) in [6.07, 6.45) is 2.94. The molecule has 0 bridgehead atoms. The van der Waals surface area contributed by atoms with E-state index in [1.165, 1.54) is 0 Å². The van der Waals surface area contributed by atoms with Crippen molar-refractivity contribution in [3.63, 3.8) is 0 Å². The maximum atomic E-state index is 12.8. The predicted molar refractivity (Wildman–Crippen MR) is 133 cm³/mol. The van der Waals surface area contributed by atoms with Crippen LogP contribution in [0.4, 0.5) is 11.5 Å². The fourth-order valence-electron chi connectivity index (χ4n) is 4.44. The van der Waals surface area contributed by atoms with Crippen molar-refractivity contribution < 1.29 is 14.3 Å². The Balaban J connectivity index is 1.22. The normalized spacial score (nSPS) is 15.2. The number of anilines is 2. The summed E-state index contributed by atoms with van der Waals surface area (Å²) in [5.74, 6) is 1.83. The summed E-state index contributed by atoms with van der Waals surface area (Å²) in [7, 11) is 0. The van der Waals surface area contributed by atoms with Crippen LogP contribution in [0.5, 0.6) is 0 Å². The molecule has 2 N–H and O–H groups in total. The largest absolute Gasteiger partial charge is 0.461 e. The molecule has 0 unspecified atom stereocenters. The highest BCUT2D eigenvalue weighted by Crippen LogP contribution is 2.34. The Morgan fingerprint density at radius 1 is 1.00 bits per heavy atom. The van der Waals surface area contributed by atoms with Crippen LogP contribution in [0, 0.1) is 6.92 Å². The minimum atomic E-state index is -0.799. The number of amides is 1. The number of hydrogen-bond donors (Lipinski definition) is 2. The molecule has 6 heteroatoms. The Kier molecular flexibility index (Phi) is 5.90. The Bertz CT molecular complexity index is 1260. The van der Waals surface area contributed by atoms with Gasteiger partial charge in [-0.3, -0.25) is 4.79 Å². The lowest BCUT2D eigenvalue weighted by molar-refractivity contribution is 0.0116. The van der Waals surface area contributed by atoms with Gasteiger partial charge in [-0.15, -0.1) is 0 Å². The number of nitrogens with zero attached hydrogens (tertiary/aromatic N) is 2.